The summed E-state index contributed by atoms with van der Waals surface area (Å²) in [7, 11) is 0. The monoisotopic (exact) mass is 409 g/mol. The highest BCUT2D eigenvalue weighted by atomic mass is 35.5. The van der Waals surface area contributed by atoms with Gasteiger partial charge in [0.2, 0.25) is 11.8 Å². The van der Waals surface area contributed by atoms with Gasteiger partial charge in [-0.3, -0.25) is 9.59 Å². The Bertz CT molecular complexity index is 719. The van der Waals surface area contributed by atoms with Crippen LogP contribution < -0.4 is 10.6 Å². The van der Waals surface area contributed by atoms with E-state index in [1.165, 1.54) is 6.07 Å². The van der Waals surface area contributed by atoms with Crippen LogP contribution in [0.1, 0.15) is 44.1 Å². The first-order valence-electron chi connectivity index (χ1n) is 10.2. The van der Waals surface area contributed by atoms with Gasteiger partial charge >= 0.3 is 0 Å². The smallest absolute Gasteiger partial charge is 0.237 e. The molecule has 1 aliphatic carbocycles. The summed E-state index contributed by atoms with van der Waals surface area (Å²) in [5, 5.41) is 6.26. The van der Waals surface area contributed by atoms with Gasteiger partial charge in [0.1, 0.15) is 5.82 Å². The highest BCUT2D eigenvalue weighted by Crippen LogP contribution is 2.50. The lowest BCUT2D eigenvalue weighted by molar-refractivity contribution is -0.135. The molecule has 0 spiro atoms. The molecule has 154 valence electrons. The number of nitrogens with zero attached hydrogens (tertiary/aromatic N) is 1. The van der Waals surface area contributed by atoms with Crippen LogP contribution in [0.4, 0.5) is 4.39 Å². The normalized spacial score (nSPS) is 25.7. The molecule has 2 unspecified atom stereocenters. The SMILES string of the molecule is Cl.O=C(NCC1CCCN(C(=O)C2(c3ccccc3F)CC2)C1)C1CCCN1. The minimum Gasteiger partial charge on any atom is -0.354 e. The van der Waals surface area contributed by atoms with E-state index in [-0.39, 0.29) is 42.0 Å². The van der Waals surface area contributed by atoms with Gasteiger partial charge in [0, 0.05) is 25.2 Å². The first-order chi connectivity index (χ1) is 13.1. The molecule has 0 bridgehead atoms. The van der Waals surface area contributed by atoms with Crippen molar-refractivity contribution in [3.8, 4) is 0 Å². The Hall–Kier alpha value is -1.66. The minimum absolute atomic E-state index is 0. The minimum atomic E-state index is -0.662. The van der Waals surface area contributed by atoms with Gasteiger partial charge in [-0.2, -0.15) is 0 Å². The number of amides is 2. The third-order valence-electron chi connectivity index (χ3n) is 6.30. The van der Waals surface area contributed by atoms with Gasteiger partial charge in [0.05, 0.1) is 11.5 Å². The molecule has 0 radical (unpaired) electrons. The van der Waals surface area contributed by atoms with Gasteiger partial charge in [-0.1, -0.05) is 18.2 Å². The van der Waals surface area contributed by atoms with Crippen molar-refractivity contribution < 1.29 is 14.0 Å². The molecule has 0 aromatic heterocycles. The van der Waals surface area contributed by atoms with Crippen LogP contribution in [0.3, 0.4) is 0 Å². The number of nitrogens with one attached hydrogen (secondary N) is 2. The van der Waals surface area contributed by atoms with Crippen LogP contribution in [0.5, 0.6) is 0 Å². The van der Waals surface area contributed by atoms with E-state index in [0.29, 0.717) is 18.7 Å². The lowest BCUT2D eigenvalue weighted by atomic mass is 9.91. The molecule has 2 aliphatic heterocycles. The maximum atomic E-state index is 14.3. The summed E-state index contributed by atoms with van der Waals surface area (Å²) in [5.74, 6) is 0.111. The third kappa shape index (κ3) is 4.18. The summed E-state index contributed by atoms with van der Waals surface area (Å²) in [5.41, 5.74) is -0.123. The fourth-order valence-corrected chi connectivity index (χ4v) is 4.57. The molecule has 4 rings (SSSR count). The zero-order valence-electron chi connectivity index (χ0n) is 16.1. The number of piperidine rings is 1. The number of halogens is 2. The molecule has 1 aromatic rings. The number of hydrogen-bond donors (Lipinski definition) is 2. The molecule has 2 atom stereocenters. The summed E-state index contributed by atoms with van der Waals surface area (Å²) >= 11 is 0. The zero-order valence-corrected chi connectivity index (χ0v) is 16.9. The number of carbonyl (C=O) groups is 2. The van der Waals surface area contributed by atoms with Crippen molar-refractivity contribution in [1.82, 2.24) is 15.5 Å². The fourth-order valence-electron chi connectivity index (χ4n) is 4.57. The highest BCUT2D eigenvalue weighted by Gasteiger charge is 2.54. The lowest BCUT2D eigenvalue weighted by Crippen LogP contribution is -2.49. The van der Waals surface area contributed by atoms with Crippen LogP contribution >= 0.6 is 12.4 Å². The van der Waals surface area contributed by atoms with E-state index >= 15 is 0 Å². The van der Waals surface area contributed by atoms with E-state index in [0.717, 1.165) is 51.6 Å². The van der Waals surface area contributed by atoms with E-state index < -0.39 is 5.41 Å². The second-order valence-electron chi connectivity index (χ2n) is 8.22. The molecule has 3 fully saturated rings. The Morgan fingerprint density at radius 1 is 1.21 bits per heavy atom. The molecule has 28 heavy (non-hydrogen) atoms. The largest absolute Gasteiger partial charge is 0.354 e. The molecule has 2 N–H and O–H groups in total. The van der Waals surface area contributed by atoms with E-state index in [9.17, 15) is 14.0 Å². The number of hydrogen-bond acceptors (Lipinski definition) is 3. The first-order valence-corrected chi connectivity index (χ1v) is 10.2. The summed E-state index contributed by atoms with van der Waals surface area (Å²) in [4.78, 5) is 27.3. The Kier molecular flexibility index (Phi) is 6.61. The van der Waals surface area contributed by atoms with Gasteiger partial charge in [0.15, 0.2) is 0 Å². The summed E-state index contributed by atoms with van der Waals surface area (Å²) in [6.07, 6.45) is 5.32. The average Bonchev–Trinajstić information content (AvgIpc) is 3.30. The van der Waals surface area contributed by atoms with Gasteiger partial charge < -0.3 is 15.5 Å². The maximum Gasteiger partial charge on any atom is 0.237 e. The van der Waals surface area contributed by atoms with Crippen LogP contribution in [0.2, 0.25) is 0 Å². The lowest BCUT2D eigenvalue weighted by Gasteiger charge is -2.35. The summed E-state index contributed by atoms with van der Waals surface area (Å²) < 4.78 is 14.3. The molecule has 2 heterocycles. The van der Waals surface area contributed by atoms with Crippen LogP contribution in [-0.2, 0) is 15.0 Å². The first kappa shape index (κ1) is 21.1. The van der Waals surface area contributed by atoms with Crippen LogP contribution in [-0.4, -0.2) is 48.9 Å². The maximum absolute atomic E-state index is 14.3. The van der Waals surface area contributed by atoms with Crippen molar-refractivity contribution in [3.05, 3.63) is 35.6 Å². The molecule has 7 heteroatoms. The van der Waals surface area contributed by atoms with Gasteiger partial charge in [-0.15, -0.1) is 12.4 Å². The zero-order chi connectivity index (χ0) is 18.9. The molecule has 2 saturated heterocycles. The van der Waals surface area contributed by atoms with Crippen molar-refractivity contribution in [2.75, 3.05) is 26.2 Å². The van der Waals surface area contributed by atoms with E-state index in [1.807, 2.05) is 4.90 Å². The molecular weight excluding hydrogens is 381 g/mol. The van der Waals surface area contributed by atoms with E-state index in [1.54, 1.807) is 18.2 Å². The Balaban J connectivity index is 0.00000225. The number of carbonyl (C=O) groups excluding carboxylic acids is 2. The molecule has 1 saturated carbocycles. The Morgan fingerprint density at radius 3 is 2.68 bits per heavy atom. The summed E-state index contributed by atoms with van der Waals surface area (Å²) in [6, 6.07) is 6.59. The Labute approximate surface area is 171 Å². The van der Waals surface area contributed by atoms with Gasteiger partial charge in [-0.25, -0.2) is 4.39 Å². The topological polar surface area (TPSA) is 61.4 Å². The number of rotatable bonds is 5. The van der Waals surface area contributed by atoms with Gasteiger partial charge in [-0.05, 0) is 57.1 Å². The predicted octanol–water partition coefficient (Wildman–Crippen LogP) is 2.39. The standard InChI is InChI=1S/C21H28FN3O2.ClH/c22-17-7-2-1-6-16(17)21(9-10-21)20(27)25-12-4-5-15(14-25)13-24-19(26)18-8-3-11-23-18;/h1-2,6-7,15,18,23H,3-5,8-14H2,(H,24,26);1H. The highest BCUT2D eigenvalue weighted by molar-refractivity contribution is 5.91. The van der Waals surface area contributed by atoms with Crippen molar-refractivity contribution in [2.24, 2.45) is 5.92 Å². The van der Waals surface area contributed by atoms with Crippen molar-refractivity contribution in [1.29, 1.82) is 0 Å². The van der Waals surface area contributed by atoms with Gasteiger partial charge in [0.25, 0.3) is 0 Å². The van der Waals surface area contributed by atoms with E-state index in [4.69, 9.17) is 0 Å². The van der Waals surface area contributed by atoms with Crippen molar-refractivity contribution in [3.63, 3.8) is 0 Å². The number of benzene rings is 1. The molecule has 1 aromatic carbocycles. The second-order valence-corrected chi connectivity index (χ2v) is 8.22. The predicted molar refractivity (Wildman–Crippen MR) is 108 cm³/mol. The quantitative estimate of drug-likeness (QED) is 0.785. The van der Waals surface area contributed by atoms with Crippen LogP contribution in [0, 0.1) is 11.7 Å². The number of likely N-dealkylation sites (tertiary alicyclic amines) is 1. The van der Waals surface area contributed by atoms with Crippen LogP contribution in [0.25, 0.3) is 0 Å². The third-order valence-corrected chi connectivity index (χ3v) is 6.30. The molecule has 3 aliphatic rings. The Morgan fingerprint density at radius 2 is 2.00 bits per heavy atom. The molecular formula is C21H29ClFN3O2. The van der Waals surface area contributed by atoms with Crippen molar-refractivity contribution in [2.45, 2.75) is 50.0 Å². The van der Waals surface area contributed by atoms with Crippen LogP contribution in [0.15, 0.2) is 24.3 Å². The van der Waals surface area contributed by atoms with Crippen molar-refractivity contribution >= 4 is 24.2 Å². The van der Waals surface area contributed by atoms with E-state index in [2.05, 4.69) is 10.6 Å². The average molecular weight is 410 g/mol. The molecule has 2 amide bonds. The fraction of sp³-hybridized carbons (Fsp3) is 0.619. The molecule has 5 nitrogen and oxygen atoms in total. The second kappa shape index (κ2) is 8.78. The summed E-state index contributed by atoms with van der Waals surface area (Å²) in [6.45, 7) is 2.88.